The molecule has 0 radical (unpaired) electrons. The second kappa shape index (κ2) is 13.7. The van der Waals surface area contributed by atoms with Crippen molar-refractivity contribution in [2.75, 3.05) is 31.3 Å². The first kappa shape index (κ1) is 25.6. The van der Waals surface area contributed by atoms with E-state index in [1.165, 1.54) is 4.90 Å². The summed E-state index contributed by atoms with van der Waals surface area (Å²) in [5, 5.41) is 0. The Balaban J connectivity index is 1.85. The average Bonchev–Trinajstić information content (AvgIpc) is 2.84. The molecule has 176 valence electrons. The summed E-state index contributed by atoms with van der Waals surface area (Å²) in [7, 11) is 0. The molecule has 8 nitrogen and oxygen atoms in total. The van der Waals surface area contributed by atoms with Crippen LogP contribution in [0.4, 0.5) is 5.69 Å². The second-order valence-electron chi connectivity index (χ2n) is 7.08. The molecule has 0 bridgehead atoms. The van der Waals surface area contributed by atoms with Crippen molar-refractivity contribution in [1.82, 2.24) is 0 Å². The number of rotatable bonds is 13. The summed E-state index contributed by atoms with van der Waals surface area (Å²) in [5.74, 6) is -1.36. The number of Topliss-reactive ketones (excluding diaryl/α,β-unsaturated/α-hetero) is 1. The van der Waals surface area contributed by atoms with Gasteiger partial charge in [0.1, 0.15) is 12.3 Å². The van der Waals surface area contributed by atoms with E-state index in [0.717, 1.165) is 6.42 Å². The predicted molar refractivity (Wildman–Crippen MR) is 122 cm³/mol. The molecule has 0 aliphatic heterocycles. The summed E-state index contributed by atoms with van der Waals surface area (Å²) in [6.07, 6.45) is 0.675. The molecule has 0 aliphatic rings. The van der Waals surface area contributed by atoms with Crippen LogP contribution in [0.25, 0.3) is 0 Å². The van der Waals surface area contributed by atoms with Crippen LogP contribution in [0.5, 0.6) is 5.75 Å². The van der Waals surface area contributed by atoms with E-state index in [0.29, 0.717) is 23.6 Å². The molecule has 0 aromatic heterocycles. The van der Waals surface area contributed by atoms with E-state index in [9.17, 15) is 19.2 Å². The van der Waals surface area contributed by atoms with Gasteiger partial charge in [-0.15, -0.1) is 0 Å². The number of para-hydroxylation sites is 1. The zero-order valence-corrected chi connectivity index (χ0v) is 19.0. The summed E-state index contributed by atoms with van der Waals surface area (Å²) in [6.45, 7) is 3.61. The van der Waals surface area contributed by atoms with Gasteiger partial charge in [-0.2, -0.15) is 0 Å². The van der Waals surface area contributed by atoms with E-state index >= 15 is 0 Å². The highest BCUT2D eigenvalue weighted by atomic mass is 16.5. The number of benzene rings is 2. The first-order chi connectivity index (χ1) is 15.9. The molecule has 0 fully saturated rings. The van der Waals surface area contributed by atoms with Crippen LogP contribution in [0.15, 0.2) is 54.6 Å². The average molecular weight is 456 g/mol. The van der Waals surface area contributed by atoms with Crippen molar-refractivity contribution in [2.24, 2.45) is 0 Å². The third-order valence-corrected chi connectivity index (χ3v) is 4.52. The van der Waals surface area contributed by atoms with Crippen molar-refractivity contribution < 1.29 is 33.4 Å². The zero-order valence-electron chi connectivity index (χ0n) is 19.0. The lowest BCUT2D eigenvalue weighted by Gasteiger charge is -2.21. The highest BCUT2D eigenvalue weighted by Gasteiger charge is 2.21. The third-order valence-electron chi connectivity index (χ3n) is 4.52. The van der Waals surface area contributed by atoms with Gasteiger partial charge in [-0.05, 0) is 49.7 Å². The molecule has 0 saturated carbocycles. The van der Waals surface area contributed by atoms with Gasteiger partial charge in [-0.1, -0.05) is 25.1 Å². The Morgan fingerprint density at radius 3 is 2.15 bits per heavy atom. The topological polar surface area (TPSA) is 99.2 Å². The van der Waals surface area contributed by atoms with Gasteiger partial charge >= 0.3 is 11.9 Å². The lowest BCUT2D eigenvalue weighted by atomic mass is 10.1. The number of nitrogens with zero attached hydrogens (tertiary/aromatic N) is 1. The summed E-state index contributed by atoms with van der Waals surface area (Å²) >= 11 is 0. The number of ether oxygens (including phenoxy) is 3. The number of hydrogen-bond donors (Lipinski definition) is 0. The highest BCUT2D eigenvalue weighted by Crippen LogP contribution is 2.16. The molecule has 0 unspecified atom stereocenters. The molecule has 0 spiro atoms. The largest absolute Gasteiger partial charge is 0.494 e. The number of anilines is 1. The van der Waals surface area contributed by atoms with E-state index in [4.69, 9.17) is 14.2 Å². The Labute approximate surface area is 193 Å². The van der Waals surface area contributed by atoms with Gasteiger partial charge in [-0.25, -0.2) is 0 Å². The maximum Gasteiger partial charge on any atom is 0.326 e. The van der Waals surface area contributed by atoms with Crippen molar-refractivity contribution in [2.45, 2.75) is 33.1 Å². The maximum absolute atomic E-state index is 12.6. The molecular formula is C25H29NO7. The zero-order chi connectivity index (χ0) is 24.1. The van der Waals surface area contributed by atoms with Crippen LogP contribution in [0.1, 0.15) is 43.5 Å². The van der Waals surface area contributed by atoms with Crippen LogP contribution in [0.2, 0.25) is 0 Å². The third kappa shape index (κ3) is 8.76. The minimum absolute atomic E-state index is 0.0482. The number of amides is 1. The molecule has 0 aliphatic carbocycles. The molecule has 8 heteroatoms. The van der Waals surface area contributed by atoms with Gasteiger partial charge in [0.05, 0.1) is 19.6 Å². The first-order valence-electron chi connectivity index (χ1n) is 10.9. The molecule has 2 rings (SSSR count). The summed E-state index contributed by atoms with van der Waals surface area (Å²) < 4.78 is 15.4. The van der Waals surface area contributed by atoms with E-state index in [1.54, 1.807) is 61.5 Å². The minimum atomic E-state index is -0.677. The molecular weight excluding hydrogens is 426 g/mol. The fourth-order valence-electron chi connectivity index (χ4n) is 2.88. The molecule has 2 aromatic carbocycles. The van der Waals surface area contributed by atoms with Crippen LogP contribution in [-0.4, -0.2) is 50.0 Å². The van der Waals surface area contributed by atoms with E-state index in [1.807, 2.05) is 6.92 Å². The van der Waals surface area contributed by atoms with Crippen LogP contribution in [-0.2, 0) is 23.9 Å². The number of ketones is 1. The van der Waals surface area contributed by atoms with E-state index in [-0.39, 0.29) is 31.8 Å². The van der Waals surface area contributed by atoms with Crippen molar-refractivity contribution in [3.63, 3.8) is 0 Å². The van der Waals surface area contributed by atoms with Crippen LogP contribution in [0.3, 0.4) is 0 Å². The Bertz CT molecular complexity index is 926. The molecule has 1 amide bonds. The molecule has 2 aromatic rings. The quantitative estimate of drug-likeness (QED) is 0.336. The Kier molecular flexibility index (Phi) is 10.6. The van der Waals surface area contributed by atoms with Crippen molar-refractivity contribution in [3.8, 4) is 5.75 Å². The predicted octanol–water partition coefficient (Wildman–Crippen LogP) is 3.58. The van der Waals surface area contributed by atoms with E-state index in [2.05, 4.69) is 0 Å². The second-order valence-corrected chi connectivity index (χ2v) is 7.08. The van der Waals surface area contributed by atoms with E-state index < -0.39 is 24.5 Å². The Morgan fingerprint density at radius 1 is 0.818 bits per heavy atom. The summed E-state index contributed by atoms with van der Waals surface area (Å²) in [4.78, 5) is 50.1. The van der Waals surface area contributed by atoms with Gasteiger partial charge < -0.3 is 14.2 Å². The number of carbonyl (C=O) groups is 4. The van der Waals surface area contributed by atoms with Crippen molar-refractivity contribution in [1.29, 1.82) is 0 Å². The number of carbonyl (C=O) groups excluding carboxylic acids is 4. The van der Waals surface area contributed by atoms with Gasteiger partial charge in [0.25, 0.3) is 5.91 Å². The van der Waals surface area contributed by atoms with Crippen LogP contribution < -0.4 is 9.64 Å². The lowest BCUT2D eigenvalue weighted by Crippen LogP contribution is -2.39. The van der Waals surface area contributed by atoms with Crippen LogP contribution in [0, 0.1) is 0 Å². The fourth-order valence-corrected chi connectivity index (χ4v) is 2.88. The molecule has 0 N–H and O–H groups in total. The molecule has 33 heavy (non-hydrogen) atoms. The Morgan fingerprint density at radius 2 is 1.52 bits per heavy atom. The van der Waals surface area contributed by atoms with Gasteiger partial charge in [0, 0.05) is 17.7 Å². The first-order valence-corrected chi connectivity index (χ1v) is 10.9. The lowest BCUT2D eigenvalue weighted by molar-refractivity contribution is -0.148. The fraction of sp³-hybridized carbons (Fsp3) is 0.360. The minimum Gasteiger partial charge on any atom is -0.494 e. The maximum atomic E-state index is 12.6. The summed E-state index contributed by atoms with van der Waals surface area (Å²) in [5.41, 5.74) is 0.945. The monoisotopic (exact) mass is 455 g/mol. The highest BCUT2D eigenvalue weighted by molar-refractivity contribution is 6.00. The molecule has 0 atom stereocenters. The Hall–Kier alpha value is -3.68. The van der Waals surface area contributed by atoms with Crippen molar-refractivity contribution >= 4 is 29.3 Å². The van der Waals surface area contributed by atoms with Gasteiger partial charge in [0.15, 0.2) is 12.4 Å². The number of esters is 2. The summed E-state index contributed by atoms with van der Waals surface area (Å²) in [6, 6.07) is 15.3. The molecule has 0 saturated heterocycles. The van der Waals surface area contributed by atoms with Crippen LogP contribution >= 0.6 is 0 Å². The van der Waals surface area contributed by atoms with Gasteiger partial charge in [-0.3, -0.25) is 24.1 Å². The standard InChI is InChI=1S/C25H29NO7/c1-3-16-32-21-12-10-19(11-13-21)22(27)14-15-24(29)33-18-23(28)26(17-25(30)31-4-2)20-8-6-5-7-9-20/h5-13H,3-4,14-18H2,1-2H3. The van der Waals surface area contributed by atoms with Crippen molar-refractivity contribution in [3.05, 3.63) is 60.2 Å². The number of hydrogen-bond acceptors (Lipinski definition) is 7. The SMILES string of the molecule is CCCOc1ccc(C(=O)CCC(=O)OCC(=O)N(CC(=O)OCC)c2ccccc2)cc1. The molecule has 0 heterocycles. The normalized spacial score (nSPS) is 10.2. The van der Waals surface area contributed by atoms with Gasteiger partial charge in [0.2, 0.25) is 0 Å². The smallest absolute Gasteiger partial charge is 0.326 e.